The molecule has 0 heterocycles. The van der Waals surface area contributed by atoms with Gasteiger partial charge in [0.15, 0.2) is 0 Å². The highest BCUT2D eigenvalue weighted by molar-refractivity contribution is 5.48. The van der Waals surface area contributed by atoms with E-state index in [4.69, 9.17) is 15.9 Å². The number of nitrogens with one attached hydrogen (secondary N) is 1. The van der Waals surface area contributed by atoms with Gasteiger partial charge in [0.2, 0.25) is 0 Å². The lowest BCUT2D eigenvalue weighted by atomic mass is 10.0. The molecule has 1 rings (SSSR count). The summed E-state index contributed by atoms with van der Waals surface area (Å²) in [4.78, 5) is 0. The summed E-state index contributed by atoms with van der Waals surface area (Å²) in [5, 5.41) is 21.1. The van der Waals surface area contributed by atoms with Gasteiger partial charge in [0.25, 0.3) is 0 Å². The van der Waals surface area contributed by atoms with E-state index >= 15 is 0 Å². The molecule has 90 valence electrons. The van der Waals surface area contributed by atoms with Gasteiger partial charge in [-0.3, -0.25) is 0 Å². The number of aliphatic hydroxyl groups excluding tert-OH is 2. The lowest BCUT2D eigenvalue weighted by Crippen LogP contribution is -2.42. The third kappa shape index (κ3) is 3.16. The van der Waals surface area contributed by atoms with E-state index in [-0.39, 0.29) is 19.8 Å². The Bertz CT molecular complexity index is 354. The summed E-state index contributed by atoms with van der Waals surface area (Å²) in [5.74, 6) is -0.399. The second-order valence-corrected chi connectivity index (χ2v) is 4.05. The van der Waals surface area contributed by atoms with Gasteiger partial charge in [-0.2, -0.15) is 0 Å². The molecule has 0 aliphatic carbocycles. The largest absolute Gasteiger partial charge is 0.394 e. The number of rotatable bonds is 5. The molecule has 0 saturated carbocycles. The molecule has 0 radical (unpaired) electrons. The summed E-state index contributed by atoms with van der Waals surface area (Å²) < 4.78 is 13.2. The molecule has 5 N–H and O–H groups in total. The van der Waals surface area contributed by atoms with E-state index in [0.29, 0.717) is 11.3 Å². The van der Waals surface area contributed by atoms with E-state index in [0.717, 1.165) is 0 Å². The first-order valence-corrected chi connectivity index (χ1v) is 5.02. The summed E-state index contributed by atoms with van der Waals surface area (Å²) in [7, 11) is 0. The van der Waals surface area contributed by atoms with Crippen molar-refractivity contribution in [3.8, 4) is 0 Å². The van der Waals surface area contributed by atoms with Gasteiger partial charge in [0, 0.05) is 12.2 Å². The van der Waals surface area contributed by atoms with Crippen LogP contribution in [0.25, 0.3) is 0 Å². The average Bonchev–Trinajstić information content (AvgIpc) is 2.28. The molecule has 0 aromatic heterocycles. The average molecular weight is 228 g/mol. The standard InChI is InChI=1S/C11H17FN2O2/c1-11(6-15,7-16)14-10-3-8(5-13)2-9(12)4-10/h2-4,14-16H,5-7,13H2,1H3. The summed E-state index contributed by atoms with van der Waals surface area (Å²) in [6.07, 6.45) is 0. The van der Waals surface area contributed by atoms with E-state index in [1.165, 1.54) is 12.1 Å². The van der Waals surface area contributed by atoms with Crippen molar-refractivity contribution in [1.82, 2.24) is 0 Å². The predicted molar refractivity (Wildman–Crippen MR) is 60.5 cm³/mol. The lowest BCUT2D eigenvalue weighted by Gasteiger charge is -2.27. The minimum Gasteiger partial charge on any atom is -0.394 e. The third-order valence-corrected chi connectivity index (χ3v) is 2.34. The van der Waals surface area contributed by atoms with Gasteiger partial charge in [0.1, 0.15) is 5.82 Å². The normalized spacial score (nSPS) is 11.6. The van der Waals surface area contributed by atoms with Gasteiger partial charge in [-0.1, -0.05) is 0 Å². The topological polar surface area (TPSA) is 78.5 Å². The van der Waals surface area contributed by atoms with Crippen molar-refractivity contribution >= 4 is 5.69 Å². The zero-order valence-corrected chi connectivity index (χ0v) is 9.20. The van der Waals surface area contributed by atoms with E-state index < -0.39 is 11.4 Å². The highest BCUT2D eigenvalue weighted by Gasteiger charge is 2.22. The van der Waals surface area contributed by atoms with Gasteiger partial charge >= 0.3 is 0 Å². The smallest absolute Gasteiger partial charge is 0.125 e. The maximum absolute atomic E-state index is 13.2. The quantitative estimate of drug-likeness (QED) is 0.589. The van der Waals surface area contributed by atoms with Crippen molar-refractivity contribution in [2.75, 3.05) is 18.5 Å². The van der Waals surface area contributed by atoms with Gasteiger partial charge in [0.05, 0.1) is 18.8 Å². The Labute approximate surface area is 93.9 Å². The van der Waals surface area contributed by atoms with Gasteiger partial charge in [-0.25, -0.2) is 4.39 Å². The molecule has 1 aromatic rings. The molecule has 0 aliphatic heterocycles. The zero-order chi connectivity index (χ0) is 12.2. The Morgan fingerprint density at radius 2 is 1.94 bits per heavy atom. The molecule has 0 atom stereocenters. The van der Waals surface area contributed by atoms with E-state index in [1.54, 1.807) is 13.0 Å². The zero-order valence-electron chi connectivity index (χ0n) is 9.20. The number of anilines is 1. The Morgan fingerprint density at radius 1 is 1.31 bits per heavy atom. The minimum absolute atomic E-state index is 0.238. The summed E-state index contributed by atoms with van der Waals surface area (Å²) >= 11 is 0. The van der Waals surface area contributed by atoms with E-state index in [2.05, 4.69) is 5.32 Å². The van der Waals surface area contributed by atoms with Crippen LogP contribution in [0.4, 0.5) is 10.1 Å². The van der Waals surface area contributed by atoms with Crippen LogP contribution < -0.4 is 11.1 Å². The minimum atomic E-state index is -0.875. The Kier molecular flexibility index (Phi) is 4.23. The van der Waals surface area contributed by atoms with Gasteiger partial charge in [-0.15, -0.1) is 0 Å². The number of halogens is 1. The van der Waals surface area contributed by atoms with Crippen molar-refractivity contribution in [3.05, 3.63) is 29.6 Å². The molecule has 0 spiro atoms. The van der Waals surface area contributed by atoms with Crippen LogP contribution in [0.3, 0.4) is 0 Å². The van der Waals surface area contributed by atoms with E-state index in [9.17, 15) is 4.39 Å². The van der Waals surface area contributed by atoms with Crippen molar-refractivity contribution in [2.45, 2.75) is 19.0 Å². The molecule has 0 saturated heterocycles. The van der Waals surface area contributed by atoms with Gasteiger partial charge in [-0.05, 0) is 30.7 Å². The molecule has 0 fully saturated rings. The Morgan fingerprint density at radius 3 is 2.44 bits per heavy atom. The predicted octanol–water partition coefficient (Wildman–Crippen LogP) is 0.440. The first-order chi connectivity index (χ1) is 7.53. The number of benzene rings is 1. The lowest BCUT2D eigenvalue weighted by molar-refractivity contribution is 0.147. The van der Waals surface area contributed by atoms with Crippen molar-refractivity contribution in [2.24, 2.45) is 5.73 Å². The Balaban J connectivity index is 2.92. The second-order valence-electron chi connectivity index (χ2n) is 4.05. The molecule has 1 aromatic carbocycles. The molecule has 0 aliphatic rings. The van der Waals surface area contributed by atoms with Crippen LogP contribution in [0.1, 0.15) is 12.5 Å². The first kappa shape index (κ1) is 12.9. The van der Waals surface area contributed by atoms with E-state index in [1.807, 2.05) is 0 Å². The van der Waals surface area contributed by atoms with Crippen molar-refractivity contribution in [3.63, 3.8) is 0 Å². The van der Waals surface area contributed by atoms with Crippen LogP contribution in [0.5, 0.6) is 0 Å². The molecular formula is C11H17FN2O2. The maximum Gasteiger partial charge on any atom is 0.125 e. The fraction of sp³-hybridized carbons (Fsp3) is 0.455. The molecule has 4 nitrogen and oxygen atoms in total. The fourth-order valence-electron chi connectivity index (χ4n) is 1.32. The highest BCUT2D eigenvalue weighted by atomic mass is 19.1. The van der Waals surface area contributed by atoms with Crippen molar-refractivity contribution < 1.29 is 14.6 Å². The van der Waals surface area contributed by atoms with Crippen LogP contribution in [-0.4, -0.2) is 29.0 Å². The molecule has 0 amide bonds. The Hall–Kier alpha value is -1.17. The number of nitrogens with two attached hydrogens (primary N) is 1. The highest BCUT2D eigenvalue weighted by Crippen LogP contribution is 2.18. The van der Waals surface area contributed by atoms with Gasteiger partial charge < -0.3 is 21.3 Å². The first-order valence-electron chi connectivity index (χ1n) is 5.02. The van der Waals surface area contributed by atoms with Crippen LogP contribution in [0, 0.1) is 5.82 Å². The van der Waals surface area contributed by atoms with Crippen LogP contribution >= 0.6 is 0 Å². The number of hydrogen-bond donors (Lipinski definition) is 4. The molecule has 0 unspecified atom stereocenters. The monoisotopic (exact) mass is 228 g/mol. The molecule has 5 heteroatoms. The summed E-state index contributed by atoms with van der Waals surface area (Å²) in [5.41, 5.74) is 5.69. The third-order valence-electron chi connectivity index (χ3n) is 2.34. The molecule has 0 bridgehead atoms. The molecule has 16 heavy (non-hydrogen) atoms. The number of aliphatic hydroxyl groups is 2. The summed E-state index contributed by atoms with van der Waals surface area (Å²) in [6.45, 7) is 1.37. The molecular weight excluding hydrogens is 211 g/mol. The van der Waals surface area contributed by atoms with Crippen molar-refractivity contribution in [1.29, 1.82) is 0 Å². The maximum atomic E-state index is 13.2. The summed E-state index contributed by atoms with van der Waals surface area (Å²) in [6, 6.07) is 4.33. The number of hydrogen-bond acceptors (Lipinski definition) is 4. The van der Waals surface area contributed by atoms with Crippen LogP contribution in [0.2, 0.25) is 0 Å². The second kappa shape index (κ2) is 5.25. The SMILES string of the molecule is CC(CO)(CO)Nc1cc(F)cc(CN)c1. The van der Waals surface area contributed by atoms with Crippen LogP contribution in [0.15, 0.2) is 18.2 Å². The fourth-order valence-corrected chi connectivity index (χ4v) is 1.32. The van der Waals surface area contributed by atoms with Crippen LogP contribution in [-0.2, 0) is 6.54 Å².